The number of fused-ring (bicyclic) bond motifs is 1. The molecule has 7 heteroatoms. The highest BCUT2D eigenvalue weighted by atomic mass is 16.2. The minimum atomic E-state index is 0.0531. The van der Waals surface area contributed by atoms with E-state index >= 15 is 0 Å². The van der Waals surface area contributed by atoms with Crippen LogP contribution >= 0.6 is 0 Å². The number of piperazine rings is 1. The number of H-pyrrole nitrogens is 1. The molecular weight excluding hydrogens is 376 g/mol. The molecule has 7 nitrogen and oxygen atoms in total. The molecule has 0 radical (unpaired) electrons. The van der Waals surface area contributed by atoms with Crippen molar-refractivity contribution in [1.29, 1.82) is 0 Å². The third-order valence-electron chi connectivity index (χ3n) is 5.33. The van der Waals surface area contributed by atoms with E-state index in [0.29, 0.717) is 24.8 Å². The fraction of sp³-hybridized carbons (Fsp3) is 0.391. The summed E-state index contributed by atoms with van der Waals surface area (Å²) in [5, 5.41) is 7.83. The first-order valence-corrected chi connectivity index (χ1v) is 10.7. The Morgan fingerprint density at radius 1 is 1.17 bits per heavy atom. The van der Waals surface area contributed by atoms with Crippen LogP contribution in [0.4, 0.5) is 17.2 Å². The SMILES string of the molecule is CCNc1ccc2[nH]c(C(=O)N3CCN(c4ncccc4NC(C)C)CC3)cc2c1. The minimum Gasteiger partial charge on any atom is -0.385 e. The van der Waals surface area contributed by atoms with Gasteiger partial charge >= 0.3 is 0 Å². The fourth-order valence-electron chi connectivity index (χ4n) is 3.93. The van der Waals surface area contributed by atoms with E-state index in [9.17, 15) is 4.79 Å². The van der Waals surface area contributed by atoms with Gasteiger partial charge in [0.1, 0.15) is 5.69 Å². The van der Waals surface area contributed by atoms with Gasteiger partial charge in [-0.05, 0) is 57.2 Å². The lowest BCUT2D eigenvalue weighted by Crippen LogP contribution is -2.49. The molecule has 3 heterocycles. The Morgan fingerprint density at radius 3 is 2.70 bits per heavy atom. The molecule has 3 N–H and O–H groups in total. The quantitative estimate of drug-likeness (QED) is 0.581. The molecule has 1 aliphatic heterocycles. The second-order valence-corrected chi connectivity index (χ2v) is 7.97. The molecular formula is C23H30N6O. The van der Waals surface area contributed by atoms with Crippen LogP contribution in [0.25, 0.3) is 10.9 Å². The molecule has 1 fully saturated rings. The molecule has 1 amide bonds. The molecule has 4 rings (SSSR count). The van der Waals surface area contributed by atoms with Gasteiger partial charge in [0.15, 0.2) is 5.82 Å². The molecule has 0 atom stereocenters. The highest BCUT2D eigenvalue weighted by Gasteiger charge is 2.25. The standard InChI is InChI=1S/C23H30N6O/c1-4-24-18-7-8-19-17(14-18)15-21(27-19)23(30)29-12-10-28(11-13-29)22-20(26-16(2)3)6-5-9-25-22/h5-9,14-16,24,26-27H,4,10-13H2,1-3H3. The largest absolute Gasteiger partial charge is 0.385 e. The van der Waals surface area contributed by atoms with E-state index in [0.717, 1.165) is 47.7 Å². The molecule has 2 aromatic heterocycles. The second kappa shape index (κ2) is 8.65. The maximum absolute atomic E-state index is 13.1. The third-order valence-corrected chi connectivity index (χ3v) is 5.33. The minimum absolute atomic E-state index is 0.0531. The van der Waals surface area contributed by atoms with E-state index in [1.807, 2.05) is 35.4 Å². The average Bonchev–Trinajstić information content (AvgIpc) is 3.17. The van der Waals surface area contributed by atoms with Crippen molar-refractivity contribution in [1.82, 2.24) is 14.9 Å². The highest BCUT2D eigenvalue weighted by molar-refractivity contribution is 5.98. The predicted molar refractivity (Wildman–Crippen MR) is 124 cm³/mol. The number of nitrogens with zero attached hydrogens (tertiary/aromatic N) is 3. The molecule has 30 heavy (non-hydrogen) atoms. The maximum atomic E-state index is 13.1. The Hall–Kier alpha value is -3.22. The summed E-state index contributed by atoms with van der Waals surface area (Å²) in [5.41, 5.74) is 3.74. The Kier molecular flexibility index (Phi) is 5.79. The van der Waals surface area contributed by atoms with Crippen molar-refractivity contribution in [3.8, 4) is 0 Å². The van der Waals surface area contributed by atoms with E-state index in [4.69, 9.17) is 0 Å². The number of pyridine rings is 1. The number of rotatable bonds is 6. The van der Waals surface area contributed by atoms with Crippen molar-refractivity contribution in [2.45, 2.75) is 26.8 Å². The van der Waals surface area contributed by atoms with Crippen LogP contribution in [-0.2, 0) is 0 Å². The monoisotopic (exact) mass is 406 g/mol. The lowest BCUT2D eigenvalue weighted by atomic mass is 10.2. The lowest BCUT2D eigenvalue weighted by Gasteiger charge is -2.36. The number of aromatic amines is 1. The van der Waals surface area contributed by atoms with E-state index < -0.39 is 0 Å². The molecule has 0 aliphatic carbocycles. The average molecular weight is 407 g/mol. The van der Waals surface area contributed by atoms with Gasteiger partial charge in [0.05, 0.1) is 5.69 Å². The van der Waals surface area contributed by atoms with Gasteiger partial charge < -0.3 is 25.4 Å². The number of amides is 1. The summed E-state index contributed by atoms with van der Waals surface area (Å²) in [6, 6.07) is 12.4. The van der Waals surface area contributed by atoms with Crippen molar-refractivity contribution in [3.63, 3.8) is 0 Å². The zero-order valence-corrected chi connectivity index (χ0v) is 17.9. The number of benzene rings is 1. The van der Waals surface area contributed by atoms with Gasteiger partial charge in [0.2, 0.25) is 0 Å². The Bertz CT molecular complexity index is 1020. The molecule has 0 saturated carbocycles. The van der Waals surface area contributed by atoms with Gasteiger partial charge in [-0.2, -0.15) is 0 Å². The van der Waals surface area contributed by atoms with Gasteiger partial charge in [-0.3, -0.25) is 4.79 Å². The van der Waals surface area contributed by atoms with Crippen LogP contribution in [0.2, 0.25) is 0 Å². The van der Waals surface area contributed by atoms with E-state index in [2.05, 4.69) is 58.4 Å². The van der Waals surface area contributed by atoms with Crippen LogP contribution in [0.5, 0.6) is 0 Å². The smallest absolute Gasteiger partial charge is 0.270 e. The molecule has 0 unspecified atom stereocenters. The summed E-state index contributed by atoms with van der Waals surface area (Å²) in [7, 11) is 0. The number of carbonyl (C=O) groups is 1. The summed E-state index contributed by atoms with van der Waals surface area (Å²) in [4.78, 5) is 25.1. The van der Waals surface area contributed by atoms with Crippen LogP contribution in [0.15, 0.2) is 42.6 Å². The number of carbonyl (C=O) groups excluding carboxylic acids is 1. The first-order chi connectivity index (χ1) is 14.5. The van der Waals surface area contributed by atoms with Gasteiger partial charge in [0.25, 0.3) is 5.91 Å². The normalized spacial score (nSPS) is 14.4. The van der Waals surface area contributed by atoms with Crippen LogP contribution in [0, 0.1) is 0 Å². The summed E-state index contributed by atoms with van der Waals surface area (Å²) in [5.74, 6) is 1.01. The topological polar surface area (TPSA) is 76.3 Å². The first kappa shape index (κ1) is 20.1. The van der Waals surface area contributed by atoms with Gasteiger partial charge in [0, 0.05) is 61.6 Å². The molecule has 0 spiro atoms. The number of nitrogens with one attached hydrogen (secondary N) is 3. The maximum Gasteiger partial charge on any atom is 0.270 e. The molecule has 1 aromatic carbocycles. The van der Waals surface area contributed by atoms with Crippen molar-refractivity contribution < 1.29 is 4.79 Å². The van der Waals surface area contributed by atoms with Crippen molar-refractivity contribution in [3.05, 3.63) is 48.3 Å². The zero-order valence-electron chi connectivity index (χ0n) is 17.9. The summed E-state index contributed by atoms with van der Waals surface area (Å²) in [6.07, 6.45) is 1.82. The molecule has 1 aliphatic rings. The van der Waals surface area contributed by atoms with Crippen molar-refractivity contribution in [2.24, 2.45) is 0 Å². The van der Waals surface area contributed by atoms with E-state index in [-0.39, 0.29) is 5.91 Å². The molecule has 158 valence electrons. The third kappa shape index (κ3) is 4.20. The van der Waals surface area contributed by atoms with Crippen LogP contribution < -0.4 is 15.5 Å². The lowest BCUT2D eigenvalue weighted by molar-refractivity contribution is 0.0741. The van der Waals surface area contributed by atoms with Gasteiger partial charge in [-0.15, -0.1) is 0 Å². The second-order valence-electron chi connectivity index (χ2n) is 7.97. The molecule has 1 saturated heterocycles. The summed E-state index contributed by atoms with van der Waals surface area (Å²) in [6.45, 7) is 10.1. The zero-order chi connectivity index (χ0) is 21.1. The predicted octanol–water partition coefficient (Wildman–Crippen LogP) is 3.78. The fourth-order valence-corrected chi connectivity index (χ4v) is 3.93. The highest BCUT2D eigenvalue weighted by Crippen LogP contribution is 2.25. The Balaban J connectivity index is 1.44. The number of hydrogen-bond acceptors (Lipinski definition) is 5. The van der Waals surface area contributed by atoms with E-state index in [1.165, 1.54) is 0 Å². The van der Waals surface area contributed by atoms with Gasteiger partial charge in [-0.25, -0.2) is 4.98 Å². The Morgan fingerprint density at radius 2 is 1.97 bits per heavy atom. The summed E-state index contributed by atoms with van der Waals surface area (Å²) >= 11 is 0. The first-order valence-electron chi connectivity index (χ1n) is 10.7. The molecule has 3 aromatic rings. The van der Waals surface area contributed by atoms with Crippen LogP contribution in [0.3, 0.4) is 0 Å². The van der Waals surface area contributed by atoms with Crippen LogP contribution in [0.1, 0.15) is 31.3 Å². The molecule has 0 bridgehead atoms. The van der Waals surface area contributed by atoms with Crippen molar-refractivity contribution in [2.75, 3.05) is 48.3 Å². The number of aromatic nitrogens is 2. The van der Waals surface area contributed by atoms with Crippen LogP contribution in [-0.4, -0.2) is 59.5 Å². The van der Waals surface area contributed by atoms with Gasteiger partial charge in [-0.1, -0.05) is 0 Å². The number of anilines is 3. The summed E-state index contributed by atoms with van der Waals surface area (Å²) < 4.78 is 0. The Labute approximate surface area is 177 Å². The van der Waals surface area contributed by atoms with Crippen molar-refractivity contribution >= 4 is 34.0 Å². The van der Waals surface area contributed by atoms with E-state index in [1.54, 1.807) is 0 Å². The number of hydrogen-bond donors (Lipinski definition) is 3.